The van der Waals surface area contributed by atoms with Crippen LogP contribution in [0.1, 0.15) is 42.9 Å². The summed E-state index contributed by atoms with van der Waals surface area (Å²) in [7, 11) is 0. The van der Waals surface area contributed by atoms with Crippen molar-refractivity contribution in [1.82, 2.24) is 4.57 Å². The summed E-state index contributed by atoms with van der Waals surface area (Å²) in [5.41, 5.74) is 5.31. The van der Waals surface area contributed by atoms with Gasteiger partial charge in [-0.15, -0.1) is 0 Å². The van der Waals surface area contributed by atoms with E-state index in [1.165, 1.54) is 28.7 Å². The topological polar surface area (TPSA) is 25.2 Å². The fourth-order valence-corrected chi connectivity index (χ4v) is 4.15. The molecule has 1 saturated carbocycles. The Balaban J connectivity index is 1.64. The predicted octanol–water partition coefficient (Wildman–Crippen LogP) is 5.42. The fourth-order valence-electron chi connectivity index (χ4n) is 4.15. The molecule has 2 heteroatoms. The van der Waals surface area contributed by atoms with Crippen LogP contribution in [0.3, 0.4) is 0 Å². The Hall–Kier alpha value is -2.32. The van der Waals surface area contributed by atoms with E-state index in [1.807, 2.05) is 0 Å². The Labute approximate surface area is 156 Å². The summed E-state index contributed by atoms with van der Waals surface area (Å²) < 4.78 is 2.28. The first kappa shape index (κ1) is 17.1. The van der Waals surface area contributed by atoms with E-state index in [0.717, 1.165) is 32.1 Å². The monoisotopic (exact) mass is 345 g/mol. The standard InChI is InChI=1S/C24H27NO/c26-24-14-8-7-13-23(24)25-17-21(16-15-19-9-3-1-4-10-19)22(18-25)20-11-5-2-6-12-20/h1-6,9-12,17-18,23-24,26H,7-8,13-16H2/t23-,24+/m1/s1. The van der Waals surface area contributed by atoms with Crippen molar-refractivity contribution < 1.29 is 5.11 Å². The molecule has 4 rings (SSSR count). The molecule has 1 heterocycles. The lowest BCUT2D eigenvalue weighted by atomic mass is 9.92. The zero-order valence-electron chi connectivity index (χ0n) is 15.2. The highest BCUT2D eigenvalue weighted by atomic mass is 16.3. The minimum Gasteiger partial charge on any atom is -0.391 e. The highest BCUT2D eigenvalue weighted by Crippen LogP contribution is 2.33. The van der Waals surface area contributed by atoms with Crippen LogP contribution in [0.2, 0.25) is 0 Å². The minimum atomic E-state index is -0.221. The average Bonchev–Trinajstić information content (AvgIpc) is 3.12. The van der Waals surface area contributed by atoms with Crippen LogP contribution in [-0.4, -0.2) is 15.8 Å². The van der Waals surface area contributed by atoms with E-state index in [-0.39, 0.29) is 12.1 Å². The molecule has 0 radical (unpaired) electrons. The Kier molecular flexibility index (Phi) is 5.21. The lowest BCUT2D eigenvalue weighted by molar-refractivity contribution is 0.0757. The van der Waals surface area contributed by atoms with Crippen molar-refractivity contribution in [3.8, 4) is 11.1 Å². The van der Waals surface area contributed by atoms with Crippen LogP contribution in [0.15, 0.2) is 73.1 Å². The lowest BCUT2D eigenvalue weighted by Gasteiger charge is -2.28. The third-order valence-corrected chi connectivity index (χ3v) is 5.62. The van der Waals surface area contributed by atoms with Crippen molar-refractivity contribution in [1.29, 1.82) is 0 Å². The number of aryl methyl sites for hydroxylation is 2. The number of nitrogens with zero attached hydrogens (tertiary/aromatic N) is 1. The van der Waals surface area contributed by atoms with Gasteiger partial charge < -0.3 is 9.67 Å². The summed E-state index contributed by atoms with van der Waals surface area (Å²) in [6.07, 6.45) is 10.7. The first-order valence-corrected chi connectivity index (χ1v) is 9.79. The second-order valence-corrected chi connectivity index (χ2v) is 7.42. The van der Waals surface area contributed by atoms with E-state index in [2.05, 4.69) is 77.6 Å². The SMILES string of the molecule is O[C@H]1CCCC[C@H]1n1cc(CCc2ccccc2)c(-c2ccccc2)c1. The average molecular weight is 345 g/mol. The van der Waals surface area contributed by atoms with Crippen LogP contribution in [0.25, 0.3) is 11.1 Å². The minimum absolute atomic E-state index is 0.219. The molecule has 1 aromatic heterocycles. The number of aliphatic hydroxyl groups excluding tert-OH is 1. The second-order valence-electron chi connectivity index (χ2n) is 7.42. The largest absolute Gasteiger partial charge is 0.391 e. The molecule has 3 aromatic rings. The van der Waals surface area contributed by atoms with Gasteiger partial charge in [-0.3, -0.25) is 0 Å². The van der Waals surface area contributed by atoms with Crippen LogP contribution in [0.4, 0.5) is 0 Å². The Morgan fingerprint density at radius 2 is 1.50 bits per heavy atom. The molecule has 2 atom stereocenters. The van der Waals surface area contributed by atoms with Gasteiger partial charge in [-0.25, -0.2) is 0 Å². The summed E-state index contributed by atoms with van der Waals surface area (Å²) in [6.45, 7) is 0. The molecule has 1 aliphatic rings. The number of hydrogen-bond donors (Lipinski definition) is 1. The molecule has 0 unspecified atom stereocenters. The molecule has 134 valence electrons. The summed E-state index contributed by atoms with van der Waals surface area (Å²) in [6, 6.07) is 21.5. The zero-order chi connectivity index (χ0) is 17.8. The Bertz CT molecular complexity index is 822. The van der Waals surface area contributed by atoms with Gasteiger partial charge in [0, 0.05) is 18.0 Å². The quantitative estimate of drug-likeness (QED) is 0.656. The zero-order valence-corrected chi connectivity index (χ0v) is 15.2. The van der Waals surface area contributed by atoms with Gasteiger partial charge in [0.05, 0.1) is 12.1 Å². The van der Waals surface area contributed by atoms with E-state index in [0.29, 0.717) is 0 Å². The van der Waals surface area contributed by atoms with E-state index < -0.39 is 0 Å². The van der Waals surface area contributed by atoms with Gasteiger partial charge >= 0.3 is 0 Å². The molecule has 1 fully saturated rings. The van der Waals surface area contributed by atoms with E-state index in [1.54, 1.807) is 0 Å². The maximum atomic E-state index is 10.5. The normalized spacial score (nSPS) is 20.2. The van der Waals surface area contributed by atoms with Crippen molar-refractivity contribution in [3.63, 3.8) is 0 Å². The third-order valence-electron chi connectivity index (χ3n) is 5.62. The maximum Gasteiger partial charge on any atom is 0.0747 e. The van der Waals surface area contributed by atoms with Gasteiger partial charge in [-0.2, -0.15) is 0 Å². The van der Waals surface area contributed by atoms with Crippen LogP contribution in [0, 0.1) is 0 Å². The molecule has 0 spiro atoms. The number of rotatable bonds is 5. The molecule has 0 saturated heterocycles. The Morgan fingerprint density at radius 1 is 0.808 bits per heavy atom. The smallest absolute Gasteiger partial charge is 0.0747 e. The van der Waals surface area contributed by atoms with Crippen LogP contribution in [-0.2, 0) is 12.8 Å². The molecule has 1 aliphatic carbocycles. The molecule has 2 aromatic carbocycles. The highest BCUT2D eigenvalue weighted by molar-refractivity contribution is 5.67. The van der Waals surface area contributed by atoms with E-state index in [4.69, 9.17) is 0 Å². The van der Waals surface area contributed by atoms with Gasteiger partial charge in [0.2, 0.25) is 0 Å². The van der Waals surface area contributed by atoms with E-state index >= 15 is 0 Å². The number of aromatic nitrogens is 1. The van der Waals surface area contributed by atoms with Crippen molar-refractivity contribution in [2.24, 2.45) is 0 Å². The molecule has 0 bridgehead atoms. The maximum absolute atomic E-state index is 10.5. The van der Waals surface area contributed by atoms with Gasteiger partial charge in [-0.05, 0) is 42.4 Å². The van der Waals surface area contributed by atoms with Crippen molar-refractivity contribution in [2.45, 2.75) is 50.7 Å². The first-order valence-electron chi connectivity index (χ1n) is 9.79. The molecular formula is C24H27NO. The van der Waals surface area contributed by atoms with Crippen molar-refractivity contribution in [3.05, 3.63) is 84.2 Å². The highest BCUT2D eigenvalue weighted by Gasteiger charge is 2.25. The molecular weight excluding hydrogens is 318 g/mol. The number of benzene rings is 2. The van der Waals surface area contributed by atoms with Crippen LogP contribution in [0.5, 0.6) is 0 Å². The second kappa shape index (κ2) is 7.92. The lowest BCUT2D eigenvalue weighted by Crippen LogP contribution is -2.26. The van der Waals surface area contributed by atoms with Crippen molar-refractivity contribution >= 4 is 0 Å². The first-order chi connectivity index (χ1) is 12.8. The van der Waals surface area contributed by atoms with Gasteiger partial charge in [-0.1, -0.05) is 73.5 Å². The van der Waals surface area contributed by atoms with Gasteiger partial charge in [0.15, 0.2) is 0 Å². The molecule has 26 heavy (non-hydrogen) atoms. The summed E-state index contributed by atoms with van der Waals surface area (Å²) in [5, 5.41) is 10.5. The molecule has 2 nitrogen and oxygen atoms in total. The summed E-state index contributed by atoms with van der Waals surface area (Å²) >= 11 is 0. The number of aliphatic hydroxyl groups is 1. The van der Waals surface area contributed by atoms with E-state index in [9.17, 15) is 5.11 Å². The van der Waals surface area contributed by atoms with Gasteiger partial charge in [0.1, 0.15) is 0 Å². The molecule has 1 N–H and O–H groups in total. The number of hydrogen-bond acceptors (Lipinski definition) is 1. The van der Waals surface area contributed by atoms with Crippen molar-refractivity contribution in [2.75, 3.05) is 0 Å². The molecule has 0 amide bonds. The summed E-state index contributed by atoms with van der Waals surface area (Å²) in [5.74, 6) is 0. The fraction of sp³-hybridized carbons (Fsp3) is 0.333. The van der Waals surface area contributed by atoms with Crippen LogP contribution >= 0.6 is 0 Å². The Morgan fingerprint density at radius 3 is 2.23 bits per heavy atom. The summed E-state index contributed by atoms with van der Waals surface area (Å²) in [4.78, 5) is 0. The third kappa shape index (κ3) is 3.76. The van der Waals surface area contributed by atoms with Crippen LogP contribution < -0.4 is 0 Å². The molecule has 0 aliphatic heterocycles. The van der Waals surface area contributed by atoms with Gasteiger partial charge in [0.25, 0.3) is 0 Å². The predicted molar refractivity (Wildman–Crippen MR) is 107 cm³/mol.